The molecular weight excluding hydrogens is 474 g/mol. The minimum absolute atomic E-state index is 0.234. The number of aromatic nitrogens is 5. The van der Waals surface area contributed by atoms with Crippen molar-refractivity contribution in [2.45, 2.75) is 51.7 Å². The standard InChI is InChI=1S/C29H37N9/c1-29(2,3)38-13-11-37(12-14-38)18-20-9-10-30-26(15-20)35-28-33-23-8-5-21(16-25(23)34-28)24-17-27(32-19-31-24)36(4)22-6-7-22/h5,8-10,15-17,19,22H,6-7,11-14,18H2,1-4H3,(H2,30,33,34,35). The molecule has 4 heterocycles. The van der Waals surface area contributed by atoms with Crippen LogP contribution >= 0.6 is 0 Å². The summed E-state index contributed by atoms with van der Waals surface area (Å²) in [5, 5.41) is 3.36. The van der Waals surface area contributed by atoms with E-state index in [2.05, 4.69) is 98.1 Å². The van der Waals surface area contributed by atoms with Gasteiger partial charge in [0.15, 0.2) is 0 Å². The molecule has 1 saturated carbocycles. The highest BCUT2D eigenvalue weighted by Crippen LogP contribution is 2.31. The zero-order valence-corrected chi connectivity index (χ0v) is 22.8. The molecule has 0 amide bonds. The molecule has 6 rings (SSSR count). The monoisotopic (exact) mass is 511 g/mol. The quantitative estimate of drug-likeness (QED) is 0.370. The van der Waals surface area contributed by atoms with Crippen molar-refractivity contribution in [3.8, 4) is 11.3 Å². The molecule has 9 nitrogen and oxygen atoms in total. The third kappa shape index (κ3) is 5.49. The van der Waals surface area contributed by atoms with Crippen LogP contribution in [0.2, 0.25) is 0 Å². The molecule has 0 unspecified atom stereocenters. The lowest BCUT2D eigenvalue weighted by molar-refractivity contribution is 0.0591. The van der Waals surface area contributed by atoms with Crippen LogP contribution in [0, 0.1) is 0 Å². The van der Waals surface area contributed by atoms with Crippen molar-refractivity contribution in [3.05, 3.63) is 54.5 Å². The Morgan fingerprint density at radius 2 is 1.82 bits per heavy atom. The molecule has 1 saturated heterocycles. The van der Waals surface area contributed by atoms with E-state index in [1.807, 2.05) is 12.3 Å². The second kappa shape index (κ2) is 9.96. The Balaban J connectivity index is 1.13. The Morgan fingerprint density at radius 3 is 2.58 bits per heavy atom. The largest absolute Gasteiger partial charge is 0.357 e. The van der Waals surface area contributed by atoms with E-state index in [0.29, 0.717) is 12.0 Å². The molecule has 2 N–H and O–H groups in total. The summed E-state index contributed by atoms with van der Waals surface area (Å²) in [6.07, 6.45) is 5.99. The lowest BCUT2D eigenvalue weighted by Gasteiger charge is -2.42. The number of anilines is 3. The zero-order chi connectivity index (χ0) is 26.3. The van der Waals surface area contributed by atoms with Crippen LogP contribution in [0.15, 0.2) is 48.9 Å². The highest BCUT2D eigenvalue weighted by Gasteiger charge is 2.27. The summed E-state index contributed by atoms with van der Waals surface area (Å²) < 4.78 is 0. The van der Waals surface area contributed by atoms with Crippen LogP contribution in [0.1, 0.15) is 39.2 Å². The number of aromatic amines is 1. The third-order valence-electron chi connectivity index (χ3n) is 7.68. The molecule has 2 aliphatic rings. The average Bonchev–Trinajstić information content (AvgIpc) is 3.68. The Bertz CT molecular complexity index is 1410. The third-order valence-corrected chi connectivity index (χ3v) is 7.68. The number of pyridine rings is 1. The fourth-order valence-corrected chi connectivity index (χ4v) is 5.17. The van der Waals surface area contributed by atoms with Crippen LogP contribution in [0.25, 0.3) is 22.3 Å². The van der Waals surface area contributed by atoms with Crippen LogP contribution in [0.5, 0.6) is 0 Å². The van der Waals surface area contributed by atoms with Crippen molar-refractivity contribution in [3.63, 3.8) is 0 Å². The molecule has 1 aliphatic heterocycles. The summed E-state index contributed by atoms with van der Waals surface area (Å²) in [6.45, 7) is 12.2. The smallest absolute Gasteiger partial charge is 0.206 e. The molecule has 38 heavy (non-hydrogen) atoms. The summed E-state index contributed by atoms with van der Waals surface area (Å²) in [5.41, 5.74) is 5.28. The van der Waals surface area contributed by atoms with Gasteiger partial charge in [-0.05, 0) is 63.4 Å². The number of nitrogens with zero attached hydrogens (tertiary/aromatic N) is 7. The maximum absolute atomic E-state index is 4.73. The molecule has 2 fully saturated rings. The number of nitrogens with one attached hydrogen (secondary N) is 2. The SMILES string of the molecule is CN(c1cc(-c2ccc3nc(Nc4cc(CN5CCN(C(C)(C)C)CC5)ccn4)[nH]c3c2)ncn1)C1CC1. The molecule has 0 bridgehead atoms. The molecule has 9 heteroatoms. The zero-order valence-electron chi connectivity index (χ0n) is 22.8. The van der Waals surface area contributed by atoms with Gasteiger partial charge in [0.2, 0.25) is 5.95 Å². The predicted molar refractivity (Wildman–Crippen MR) is 153 cm³/mol. The Hall–Kier alpha value is -3.56. The second-order valence-electron chi connectivity index (χ2n) is 11.5. The van der Waals surface area contributed by atoms with Crippen molar-refractivity contribution in [2.75, 3.05) is 43.4 Å². The maximum Gasteiger partial charge on any atom is 0.206 e. The molecule has 1 aromatic carbocycles. The lowest BCUT2D eigenvalue weighted by atomic mass is 10.0. The summed E-state index contributed by atoms with van der Waals surface area (Å²) in [5.74, 6) is 2.43. The van der Waals surface area contributed by atoms with E-state index in [1.165, 1.54) is 18.4 Å². The van der Waals surface area contributed by atoms with Gasteiger partial charge in [0.1, 0.15) is 18.0 Å². The Kier molecular flexibility index (Phi) is 6.49. The first-order chi connectivity index (χ1) is 18.3. The van der Waals surface area contributed by atoms with Gasteiger partial charge in [-0.1, -0.05) is 6.07 Å². The van der Waals surface area contributed by atoms with Gasteiger partial charge in [-0.25, -0.2) is 19.9 Å². The topological polar surface area (TPSA) is 89.1 Å². The highest BCUT2D eigenvalue weighted by molar-refractivity contribution is 5.83. The predicted octanol–water partition coefficient (Wildman–Crippen LogP) is 4.67. The van der Waals surface area contributed by atoms with E-state index in [4.69, 9.17) is 4.98 Å². The minimum atomic E-state index is 0.234. The summed E-state index contributed by atoms with van der Waals surface area (Å²) in [6, 6.07) is 13.1. The van der Waals surface area contributed by atoms with Crippen molar-refractivity contribution >= 4 is 28.6 Å². The number of H-pyrrole nitrogens is 1. The van der Waals surface area contributed by atoms with Crippen molar-refractivity contribution in [1.29, 1.82) is 0 Å². The normalized spacial score (nSPS) is 17.2. The van der Waals surface area contributed by atoms with E-state index >= 15 is 0 Å². The van der Waals surface area contributed by atoms with Crippen molar-refractivity contribution < 1.29 is 0 Å². The number of fused-ring (bicyclic) bond motifs is 1. The van der Waals surface area contributed by atoms with Crippen LogP contribution in [-0.2, 0) is 6.54 Å². The highest BCUT2D eigenvalue weighted by atomic mass is 15.3. The van der Waals surface area contributed by atoms with Gasteiger partial charge in [-0.3, -0.25) is 9.80 Å². The van der Waals surface area contributed by atoms with Crippen molar-refractivity contribution in [2.24, 2.45) is 0 Å². The van der Waals surface area contributed by atoms with Gasteiger partial charge in [-0.15, -0.1) is 0 Å². The summed E-state index contributed by atoms with van der Waals surface area (Å²) in [4.78, 5) is 29.0. The van der Waals surface area contributed by atoms with Crippen LogP contribution < -0.4 is 10.2 Å². The average molecular weight is 512 g/mol. The molecule has 4 aromatic rings. The van der Waals surface area contributed by atoms with Crippen LogP contribution in [-0.4, -0.2) is 79.5 Å². The van der Waals surface area contributed by atoms with Gasteiger partial charge in [0, 0.05) is 69.2 Å². The number of hydrogen-bond donors (Lipinski definition) is 2. The molecule has 0 spiro atoms. The van der Waals surface area contributed by atoms with Crippen LogP contribution in [0.4, 0.5) is 17.6 Å². The number of hydrogen-bond acceptors (Lipinski definition) is 8. The van der Waals surface area contributed by atoms with Gasteiger partial charge < -0.3 is 15.2 Å². The van der Waals surface area contributed by atoms with E-state index in [0.717, 1.165) is 66.7 Å². The number of benzene rings is 1. The van der Waals surface area contributed by atoms with E-state index < -0.39 is 0 Å². The van der Waals surface area contributed by atoms with Crippen LogP contribution in [0.3, 0.4) is 0 Å². The molecule has 0 radical (unpaired) electrons. The first-order valence-electron chi connectivity index (χ1n) is 13.6. The van der Waals surface area contributed by atoms with Crippen molar-refractivity contribution in [1.82, 2.24) is 34.7 Å². The van der Waals surface area contributed by atoms with E-state index in [-0.39, 0.29) is 5.54 Å². The summed E-state index contributed by atoms with van der Waals surface area (Å²) in [7, 11) is 2.11. The first-order valence-corrected chi connectivity index (χ1v) is 13.6. The molecule has 3 aromatic heterocycles. The fraction of sp³-hybridized carbons (Fsp3) is 0.448. The minimum Gasteiger partial charge on any atom is -0.357 e. The maximum atomic E-state index is 4.73. The summed E-state index contributed by atoms with van der Waals surface area (Å²) >= 11 is 0. The Labute approximate surface area is 224 Å². The molecule has 198 valence electrons. The lowest BCUT2D eigenvalue weighted by Crippen LogP contribution is -2.53. The number of imidazole rings is 1. The van der Waals surface area contributed by atoms with Gasteiger partial charge in [-0.2, -0.15) is 0 Å². The van der Waals surface area contributed by atoms with E-state index in [9.17, 15) is 0 Å². The number of piperazine rings is 1. The number of rotatable bonds is 7. The molecule has 1 aliphatic carbocycles. The van der Waals surface area contributed by atoms with Gasteiger partial charge >= 0.3 is 0 Å². The molecule has 0 atom stereocenters. The second-order valence-corrected chi connectivity index (χ2v) is 11.5. The Morgan fingerprint density at radius 1 is 1.00 bits per heavy atom. The van der Waals surface area contributed by atoms with Gasteiger partial charge in [0.25, 0.3) is 0 Å². The molecular formula is C29H37N9. The van der Waals surface area contributed by atoms with Gasteiger partial charge in [0.05, 0.1) is 16.7 Å². The van der Waals surface area contributed by atoms with E-state index in [1.54, 1.807) is 6.33 Å². The fourth-order valence-electron chi connectivity index (χ4n) is 5.17. The first kappa shape index (κ1) is 24.8.